The number of hydrogen-bond donors (Lipinski definition) is 2. The largest absolute Gasteiger partial charge is 0.369 e. The highest BCUT2D eigenvalue weighted by Crippen LogP contribution is 2.25. The van der Waals surface area contributed by atoms with E-state index in [-0.39, 0.29) is 0 Å². The number of amides is 1. The first kappa shape index (κ1) is 12.8. The van der Waals surface area contributed by atoms with Gasteiger partial charge in [-0.2, -0.15) is 0 Å². The summed E-state index contributed by atoms with van der Waals surface area (Å²) in [5.41, 5.74) is 5.59. The second-order valence-electron chi connectivity index (χ2n) is 4.58. The number of nitrogens with one attached hydrogen (secondary N) is 1. The summed E-state index contributed by atoms with van der Waals surface area (Å²) in [6.07, 6.45) is 4.17. The summed E-state index contributed by atoms with van der Waals surface area (Å²) in [7, 11) is 0. The molecule has 98 valence electrons. The molecular formula is C13H20N4O. The number of rotatable bonds is 7. The predicted molar refractivity (Wildman–Crippen MR) is 71.5 cm³/mol. The fourth-order valence-electron chi connectivity index (χ4n) is 2.01. The van der Waals surface area contributed by atoms with E-state index in [1.807, 2.05) is 0 Å². The summed E-state index contributed by atoms with van der Waals surface area (Å²) < 4.78 is 0. The smallest absolute Gasteiger partial charge is 0.250 e. The maximum absolute atomic E-state index is 10.9. The van der Waals surface area contributed by atoms with Crippen LogP contribution in [-0.4, -0.2) is 41.5 Å². The minimum Gasteiger partial charge on any atom is -0.369 e. The summed E-state index contributed by atoms with van der Waals surface area (Å²) >= 11 is 0. The Bertz CT molecular complexity index is 400. The molecule has 0 spiro atoms. The quantitative estimate of drug-likeness (QED) is 0.757. The molecule has 1 aliphatic rings. The Labute approximate surface area is 107 Å². The number of nitrogens with zero attached hydrogens (tertiary/aromatic N) is 2. The van der Waals surface area contributed by atoms with Crippen LogP contribution in [0.2, 0.25) is 0 Å². The van der Waals surface area contributed by atoms with Crippen molar-refractivity contribution >= 4 is 11.7 Å². The zero-order chi connectivity index (χ0) is 13.0. The SMILES string of the molecule is CCN(CCNc1ccc(C(N)=O)cn1)C1CC1. The van der Waals surface area contributed by atoms with Gasteiger partial charge in [-0.15, -0.1) is 0 Å². The van der Waals surface area contributed by atoms with Crippen molar-refractivity contribution in [1.29, 1.82) is 0 Å². The number of carbonyl (C=O) groups is 1. The highest BCUT2D eigenvalue weighted by molar-refractivity contribution is 5.92. The van der Waals surface area contributed by atoms with E-state index in [1.165, 1.54) is 19.0 Å². The van der Waals surface area contributed by atoms with Crippen LogP contribution >= 0.6 is 0 Å². The Kier molecular flexibility index (Phi) is 4.15. The van der Waals surface area contributed by atoms with Gasteiger partial charge < -0.3 is 11.1 Å². The molecule has 18 heavy (non-hydrogen) atoms. The van der Waals surface area contributed by atoms with E-state index in [0.717, 1.165) is 31.5 Å². The topological polar surface area (TPSA) is 71.2 Å². The molecule has 0 unspecified atom stereocenters. The zero-order valence-electron chi connectivity index (χ0n) is 10.7. The third kappa shape index (κ3) is 3.43. The van der Waals surface area contributed by atoms with E-state index in [2.05, 4.69) is 22.1 Å². The third-order valence-corrected chi connectivity index (χ3v) is 3.22. The molecule has 1 heterocycles. The molecule has 1 aliphatic carbocycles. The molecule has 5 nitrogen and oxygen atoms in total. The second kappa shape index (κ2) is 5.82. The van der Waals surface area contributed by atoms with Crippen LogP contribution < -0.4 is 11.1 Å². The van der Waals surface area contributed by atoms with Gasteiger partial charge in [0.05, 0.1) is 5.56 Å². The first-order valence-electron chi connectivity index (χ1n) is 6.44. The highest BCUT2D eigenvalue weighted by Gasteiger charge is 2.27. The number of likely N-dealkylation sites (N-methyl/N-ethyl adjacent to an activating group) is 1. The van der Waals surface area contributed by atoms with Gasteiger partial charge in [0.1, 0.15) is 5.82 Å². The van der Waals surface area contributed by atoms with Crippen molar-refractivity contribution in [3.8, 4) is 0 Å². The molecule has 3 N–H and O–H groups in total. The lowest BCUT2D eigenvalue weighted by atomic mass is 10.3. The first-order valence-corrected chi connectivity index (χ1v) is 6.44. The molecule has 1 saturated carbocycles. The Morgan fingerprint density at radius 1 is 1.56 bits per heavy atom. The minimum atomic E-state index is -0.444. The predicted octanol–water partition coefficient (Wildman–Crippen LogP) is 1.08. The molecule has 1 aromatic heterocycles. The Morgan fingerprint density at radius 3 is 2.83 bits per heavy atom. The van der Waals surface area contributed by atoms with Crippen molar-refractivity contribution in [2.24, 2.45) is 5.73 Å². The van der Waals surface area contributed by atoms with Crippen molar-refractivity contribution in [2.75, 3.05) is 25.0 Å². The summed E-state index contributed by atoms with van der Waals surface area (Å²) in [5.74, 6) is 0.340. The van der Waals surface area contributed by atoms with Crippen LogP contribution in [0.1, 0.15) is 30.1 Å². The van der Waals surface area contributed by atoms with Gasteiger partial charge >= 0.3 is 0 Å². The Balaban J connectivity index is 1.77. The lowest BCUT2D eigenvalue weighted by molar-refractivity contribution is 0.1000. The van der Waals surface area contributed by atoms with E-state index < -0.39 is 5.91 Å². The van der Waals surface area contributed by atoms with Gasteiger partial charge in [0.25, 0.3) is 0 Å². The van der Waals surface area contributed by atoms with Crippen LogP contribution in [0.4, 0.5) is 5.82 Å². The summed E-state index contributed by atoms with van der Waals surface area (Å²) in [6.45, 7) is 5.19. The molecule has 1 aromatic rings. The van der Waals surface area contributed by atoms with Gasteiger partial charge in [-0.25, -0.2) is 4.98 Å². The van der Waals surface area contributed by atoms with E-state index in [4.69, 9.17) is 5.73 Å². The van der Waals surface area contributed by atoms with Crippen molar-refractivity contribution in [3.05, 3.63) is 23.9 Å². The first-order chi connectivity index (χ1) is 8.70. The number of carbonyl (C=O) groups excluding carboxylic acids is 1. The number of hydrogen-bond acceptors (Lipinski definition) is 4. The molecule has 0 bridgehead atoms. The van der Waals surface area contributed by atoms with Crippen LogP contribution in [0.15, 0.2) is 18.3 Å². The van der Waals surface area contributed by atoms with E-state index in [9.17, 15) is 4.79 Å². The van der Waals surface area contributed by atoms with Crippen LogP contribution in [0.5, 0.6) is 0 Å². The van der Waals surface area contributed by atoms with E-state index >= 15 is 0 Å². The van der Waals surface area contributed by atoms with E-state index in [0.29, 0.717) is 5.56 Å². The summed E-state index contributed by atoms with van der Waals surface area (Å²) in [4.78, 5) is 17.5. The third-order valence-electron chi connectivity index (χ3n) is 3.22. The average molecular weight is 248 g/mol. The molecule has 1 amide bonds. The molecule has 2 rings (SSSR count). The van der Waals surface area contributed by atoms with Crippen LogP contribution in [0.3, 0.4) is 0 Å². The standard InChI is InChI=1S/C13H20N4O/c1-2-17(11-4-5-11)8-7-15-12-6-3-10(9-16-12)13(14)18/h3,6,9,11H,2,4-5,7-8H2,1H3,(H2,14,18)(H,15,16). The molecule has 0 radical (unpaired) electrons. The molecule has 5 heteroatoms. The molecule has 0 aliphatic heterocycles. The lowest BCUT2D eigenvalue weighted by Crippen LogP contribution is -2.31. The normalized spacial score (nSPS) is 14.8. The van der Waals surface area contributed by atoms with Gasteiger partial charge in [-0.05, 0) is 31.5 Å². The van der Waals surface area contributed by atoms with Crippen LogP contribution in [0, 0.1) is 0 Å². The maximum Gasteiger partial charge on any atom is 0.250 e. The average Bonchev–Trinajstić information content (AvgIpc) is 3.19. The number of pyridine rings is 1. The Morgan fingerprint density at radius 2 is 2.33 bits per heavy atom. The fraction of sp³-hybridized carbons (Fsp3) is 0.538. The van der Waals surface area contributed by atoms with Crippen LogP contribution in [0.25, 0.3) is 0 Å². The number of aromatic nitrogens is 1. The van der Waals surface area contributed by atoms with Gasteiger partial charge in [0.15, 0.2) is 0 Å². The Hall–Kier alpha value is -1.62. The highest BCUT2D eigenvalue weighted by atomic mass is 16.1. The van der Waals surface area contributed by atoms with Crippen molar-refractivity contribution < 1.29 is 4.79 Å². The van der Waals surface area contributed by atoms with Gasteiger partial charge in [-0.1, -0.05) is 6.92 Å². The second-order valence-corrected chi connectivity index (χ2v) is 4.58. The minimum absolute atomic E-state index is 0.439. The molecule has 0 saturated heterocycles. The molecule has 0 atom stereocenters. The molecule has 1 fully saturated rings. The number of nitrogens with two attached hydrogens (primary N) is 1. The van der Waals surface area contributed by atoms with E-state index in [1.54, 1.807) is 12.1 Å². The summed E-state index contributed by atoms with van der Waals surface area (Å²) in [6, 6.07) is 4.27. The van der Waals surface area contributed by atoms with Crippen molar-refractivity contribution in [2.45, 2.75) is 25.8 Å². The number of anilines is 1. The van der Waals surface area contributed by atoms with Gasteiger partial charge in [0, 0.05) is 25.3 Å². The van der Waals surface area contributed by atoms with Crippen molar-refractivity contribution in [1.82, 2.24) is 9.88 Å². The van der Waals surface area contributed by atoms with Crippen molar-refractivity contribution in [3.63, 3.8) is 0 Å². The number of primary amides is 1. The monoisotopic (exact) mass is 248 g/mol. The maximum atomic E-state index is 10.9. The zero-order valence-corrected chi connectivity index (χ0v) is 10.7. The fourth-order valence-corrected chi connectivity index (χ4v) is 2.01. The summed E-state index contributed by atoms with van der Waals surface area (Å²) in [5, 5.41) is 3.25. The van der Waals surface area contributed by atoms with Crippen LogP contribution in [-0.2, 0) is 0 Å². The molecular weight excluding hydrogens is 228 g/mol. The van der Waals surface area contributed by atoms with Gasteiger partial charge in [-0.3, -0.25) is 9.69 Å². The lowest BCUT2D eigenvalue weighted by Gasteiger charge is -2.19. The molecule has 0 aromatic carbocycles. The van der Waals surface area contributed by atoms with Gasteiger partial charge in [0.2, 0.25) is 5.91 Å².